The number of pyridine rings is 1. The van der Waals surface area contributed by atoms with Crippen molar-refractivity contribution in [2.24, 2.45) is 0 Å². The Labute approximate surface area is 103 Å². The maximum absolute atomic E-state index is 4.14. The molecule has 0 aliphatic carbocycles. The SMILES string of the molecule is CC(C)c1ccc(N(C)c2cccnc2)cc1. The van der Waals surface area contributed by atoms with Crippen molar-refractivity contribution in [3.63, 3.8) is 0 Å². The minimum atomic E-state index is 0.577. The zero-order chi connectivity index (χ0) is 12.3. The number of aromatic nitrogens is 1. The first kappa shape index (κ1) is 11.6. The van der Waals surface area contributed by atoms with E-state index < -0.39 is 0 Å². The van der Waals surface area contributed by atoms with Crippen LogP contribution >= 0.6 is 0 Å². The Hall–Kier alpha value is -1.83. The Balaban J connectivity index is 2.23. The Kier molecular flexibility index (Phi) is 3.43. The maximum atomic E-state index is 4.14. The molecule has 0 saturated heterocycles. The average molecular weight is 226 g/mol. The lowest BCUT2D eigenvalue weighted by Gasteiger charge is -2.19. The van der Waals surface area contributed by atoms with Gasteiger partial charge in [0.1, 0.15) is 0 Å². The molecule has 0 aliphatic heterocycles. The van der Waals surface area contributed by atoms with Crippen LogP contribution in [0.2, 0.25) is 0 Å². The van der Waals surface area contributed by atoms with E-state index in [1.54, 1.807) is 6.20 Å². The first-order valence-electron chi connectivity index (χ1n) is 5.92. The molecule has 2 nitrogen and oxygen atoms in total. The molecule has 0 fully saturated rings. The molecule has 1 heterocycles. The average Bonchev–Trinajstić information content (AvgIpc) is 2.39. The van der Waals surface area contributed by atoms with Crippen LogP contribution < -0.4 is 4.90 Å². The van der Waals surface area contributed by atoms with E-state index in [0.29, 0.717) is 5.92 Å². The van der Waals surface area contributed by atoms with Crippen molar-refractivity contribution in [1.29, 1.82) is 0 Å². The monoisotopic (exact) mass is 226 g/mol. The second-order valence-electron chi connectivity index (χ2n) is 4.52. The summed E-state index contributed by atoms with van der Waals surface area (Å²) >= 11 is 0. The molecule has 0 N–H and O–H groups in total. The fourth-order valence-electron chi connectivity index (χ4n) is 1.78. The molecule has 0 atom stereocenters. The number of benzene rings is 1. The van der Waals surface area contributed by atoms with Crippen LogP contribution in [0.1, 0.15) is 25.3 Å². The van der Waals surface area contributed by atoms with Gasteiger partial charge < -0.3 is 4.90 Å². The van der Waals surface area contributed by atoms with E-state index in [1.165, 1.54) is 11.3 Å². The van der Waals surface area contributed by atoms with Crippen molar-refractivity contribution >= 4 is 11.4 Å². The predicted molar refractivity (Wildman–Crippen MR) is 72.8 cm³/mol. The second kappa shape index (κ2) is 5.00. The molecule has 2 rings (SSSR count). The third-order valence-electron chi connectivity index (χ3n) is 2.98. The van der Waals surface area contributed by atoms with Gasteiger partial charge in [0.15, 0.2) is 0 Å². The molecule has 0 bridgehead atoms. The standard InChI is InChI=1S/C15H18N2/c1-12(2)13-6-8-14(9-7-13)17(3)15-5-4-10-16-11-15/h4-12H,1-3H3. The lowest BCUT2D eigenvalue weighted by Crippen LogP contribution is -2.09. The molecule has 0 amide bonds. The number of hydrogen-bond donors (Lipinski definition) is 0. The van der Waals surface area contributed by atoms with Gasteiger partial charge in [-0.25, -0.2) is 0 Å². The van der Waals surface area contributed by atoms with Gasteiger partial charge in [0.2, 0.25) is 0 Å². The van der Waals surface area contributed by atoms with E-state index in [4.69, 9.17) is 0 Å². The first-order valence-corrected chi connectivity index (χ1v) is 5.92. The van der Waals surface area contributed by atoms with Crippen molar-refractivity contribution < 1.29 is 0 Å². The molecule has 0 radical (unpaired) electrons. The molecular formula is C15H18N2. The number of hydrogen-bond acceptors (Lipinski definition) is 2. The highest BCUT2D eigenvalue weighted by molar-refractivity contribution is 5.61. The predicted octanol–water partition coefficient (Wildman–Crippen LogP) is 3.97. The summed E-state index contributed by atoms with van der Waals surface area (Å²) in [6.07, 6.45) is 3.66. The van der Waals surface area contributed by atoms with Crippen molar-refractivity contribution in [3.05, 3.63) is 54.4 Å². The van der Waals surface area contributed by atoms with E-state index in [-0.39, 0.29) is 0 Å². The zero-order valence-corrected chi connectivity index (χ0v) is 10.6. The molecule has 2 aromatic rings. The minimum absolute atomic E-state index is 0.577. The fraction of sp³-hybridized carbons (Fsp3) is 0.267. The van der Waals surface area contributed by atoms with Crippen LogP contribution in [0, 0.1) is 0 Å². The largest absolute Gasteiger partial charge is 0.343 e. The zero-order valence-electron chi connectivity index (χ0n) is 10.6. The van der Waals surface area contributed by atoms with Crippen LogP contribution in [0.3, 0.4) is 0 Å². The number of nitrogens with zero attached hydrogens (tertiary/aromatic N) is 2. The fourth-order valence-corrected chi connectivity index (χ4v) is 1.78. The number of rotatable bonds is 3. The quantitative estimate of drug-likeness (QED) is 0.787. The van der Waals surface area contributed by atoms with Gasteiger partial charge in [0, 0.05) is 18.9 Å². The lowest BCUT2D eigenvalue weighted by atomic mass is 10.0. The van der Waals surface area contributed by atoms with Crippen LogP contribution in [-0.2, 0) is 0 Å². The Morgan fingerprint density at radius 3 is 2.24 bits per heavy atom. The second-order valence-corrected chi connectivity index (χ2v) is 4.52. The van der Waals surface area contributed by atoms with Crippen molar-refractivity contribution in [2.45, 2.75) is 19.8 Å². The highest BCUT2D eigenvalue weighted by atomic mass is 15.1. The summed E-state index contributed by atoms with van der Waals surface area (Å²) < 4.78 is 0. The van der Waals surface area contributed by atoms with Crippen LogP contribution in [0.5, 0.6) is 0 Å². The summed E-state index contributed by atoms with van der Waals surface area (Å²) in [5.74, 6) is 0.577. The van der Waals surface area contributed by atoms with Gasteiger partial charge in [-0.2, -0.15) is 0 Å². The molecule has 2 heteroatoms. The summed E-state index contributed by atoms with van der Waals surface area (Å²) in [4.78, 5) is 6.27. The normalized spacial score (nSPS) is 10.6. The molecule has 17 heavy (non-hydrogen) atoms. The van der Waals surface area contributed by atoms with E-state index in [9.17, 15) is 0 Å². The lowest BCUT2D eigenvalue weighted by molar-refractivity contribution is 0.866. The van der Waals surface area contributed by atoms with Gasteiger partial charge in [0.25, 0.3) is 0 Å². The third-order valence-corrected chi connectivity index (χ3v) is 2.98. The topological polar surface area (TPSA) is 16.1 Å². The van der Waals surface area contributed by atoms with Crippen LogP contribution in [0.25, 0.3) is 0 Å². The summed E-state index contributed by atoms with van der Waals surface area (Å²) in [6, 6.07) is 12.7. The summed E-state index contributed by atoms with van der Waals surface area (Å²) in [5.41, 5.74) is 3.65. The van der Waals surface area contributed by atoms with Crippen LogP contribution in [-0.4, -0.2) is 12.0 Å². The maximum Gasteiger partial charge on any atom is 0.0594 e. The third kappa shape index (κ3) is 2.64. The van der Waals surface area contributed by atoms with E-state index in [2.05, 4.69) is 61.1 Å². The van der Waals surface area contributed by atoms with Crippen molar-refractivity contribution in [1.82, 2.24) is 4.98 Å². The highest BCUT2D eigenvalue weighted by Gasteiger charge is 2.04. The molecular weight excluding hydrogens is 208 g/mol. The number of anilines is 2. The van der Waals surface area contributed by atoms with Crippen molar-refractivity contribution in [3.8, 4) is 0 Å². The van der Waals surface area contributed by atoms with E-state index in [1.807, 2.05) is 12.3 Å². The molecule has 0 saturated carbocycles. The minimum Gasteiger partial charge on any atom is -0.343 e. The molecule has 0 spiro atoms. The van der Waals surface area contributed by atoms with Crippen LogP contribution in [0.15, 0.2) is 48.8 Å². The van der Waals surface area contributed by atoms with Gasteiger partial charge in [-0.05, 0) is 35.7 Å². The molecule has 88 valence electrons. The Morgan fingerprint density at radius 1 is 1.00 bits per heavy atom. The Morgan fingerprint density at radius 2 is 1.71 bits per heavy atom. The van der Waals surface area contributed by atoms with Gasteiger partial charge in [-0.3, -0.25) is 4.98 Å². The first-order chi connectivity index (χ1) is 8.18. The van der Waals surface area contributed by atoms with E-state index in [0.717, 1.165) is 5.69 Å². The molecule has 1 aromatic carbocycles. The summed E-state index contributed by atoms with van der Waals surface area (Å²) in [7, 11) is 2.06. The van der Waals surface area contributed by atoms with Gasteiger partial charge in [-0.15, -0.1) is 0 Å². The summed E-state index contributed by atoms with van der Waals surface area (Å²) in [5, 5.41) is 0. The van der Waals surface area contributed by atoms with E-state index >= 15 is 0 Å². The van der Waals surface area contributed by atoms with Gasteiger partial charge >= 0.3 is 0 Å². The van der Waals surface area contributed by atoms with Crippen LogP contribution in [0.4, 0.5) is 11.4 Å². The van der Waals surface area contributed by atoms with Gasteiger partial charge in [0.05, 0.1) is 11.9 Å². The molecule has 1 aromatic heterocycles. The summed E-state index contributed by atoms with van der Waals surface area (Å²) in [6.45, 7) is 4.42. The van der Waals surface area contributed by atoms with Crippen molar-refractivity contribution in [2.75, 3.05) is 11.9 Å². The Bertz CT molecular complexity index is 460. The van der Waals surface area contributed by atoms with Gasteiger partial charge in [-0.1, -0.05) is 26.0 Å². The molecule has 0 aliphatic rings. The highest BCUT2D eigenvalue weighted by Crippen LogP contribution is 2.24. The molecule has 0 unspecified atom stereocenters. The smallest absolute Gasteiger partial charge is 0.0594 e.